The van der Waals surface area contributed by atoms with Gasteiger partial charge in [-0.1, -0.05) is 0 Å². The Morgan fingerprint density at radius 3 is 2.79 bits per heavy atom. The molecule has 28 heavy (non-hydrogen) atoms. The predicted octanol–water partition coefficient (Wildman–Crippen LogP) is 0.757. The lowest BCUT2D eigenvalue weighted by Crippen LogP contribution is -2.58. The number of carbonyl (C=O) groups is 2. The first-order valence-corrected chi connectivity index (χ1v) is 9.35. The van der Waals surface area contributed by atoms with E-state index in [-0.39, 0.29) is 23.6 Å². The molecule has 0 saturated carbocycles. The minimum atomic E-state index is -0.771. The van der Waals surface area contributed by atoms with E-state index in [9.17, 15) is 19.7 Å². The summed E-state index contributed by atoms with van der Waals surface area (Å²) in [7, 11) is 0. The average molecular weight is 404 g/mol. The molecule has 2 aliphatic rings. The van der Waals surface area contributed by atoms with Crippen LogP contribution in [0.15, 0.2) is 30.6 Å². The van der Waals surface area contributed by atoms with Crippen molar-refractivity contribution in [3.63, 3.8) is 0 Å². The predicted molar refractivity (Wildman–Crippen MR) is 95.7 cm³/mol. The van der Waals surface area contributed by atoms with Gasteiger partial charge in [0.25, 0.3) is 5.69 Å². The molecule has 4 rings (SSSR count). The number of nitrogens with zero attached hydrogens (tertiary/aromatic N) is 6. The molecule has 0 bridgehead atoms. The molecule has 1 amide bonds. The summed E-state index contributed by atoms with van der Waals surface area (Å²) in [5.41, 5.74) is 0.583. The number of thioether (sulfide) groups is 1. The van der Waals surface area contributed by atoms with Gasteiger partial charge in [0.2, 0.25) is 5.91 Å². The standard InChI is InChI=1S/C16H16N6O5S/c1-16(8-20-18-9-17-19-20)14(21-12(23)6-13(21)28-16)15(24)27-7-10-2-4-11(5-3-10)22(25)26/h2-5,9,13-14H,6-8H2,1H3/t13-,14+,16+/m1/s1. The van der Waals surface area contributed by atoms with Crippen molar-refractivity contribution < 1.29 is 19.2 Å². The number of amides is 1. The number of hydrogen-bond donors (Lipinski definition) is 0. The molecule has 0 aliphatic carbocycles. The number of benzene rings is 1. The number of aromatic nitrogens is 4. The van der Waals surface area contributed by atoms with Crippen LogP contribution in [0.25, 0.3) is 0 Å². The molecule has 12 heteroatoms. The topological polar surface area (TPSA) is 133 Å². The number of esters is 1. The van der Waals surface area contributed by atoms with Crippen LogP contribution in [0.3, 0.4) is 0 Å². The molecule has 3 atom stereocenters. The number of β-lactam (4-membered cyclic amide) rings is 1. The maximum absolute atomic E-state index is 12.9. The van der Waals surface area contributed by atoms with Crippen molar-refractivity contribution >= 4 is 29.3 Å². The summed E-state index contributed by atoms with van der Waals surface area (Å²) in [5, 5.41) is 22.2. The fourth-order valence-corrected chi connectivity index (χ4v) is 5.18. The number of ether oxygens (including phenoxy) is 1. The van der Waals surface area contributed by atoms with Gasteiger partial charge in [0, 0.05) is 12.1 Å². The Morgan fingerprint density at radius 2 is 2.18 bits per heavy atom. The number of nitro groups is 1. The van der Waals surface area contributed by atoms with Crippen molar-refractivity contribution in [2.24, 2.45) is 0 Å². The van der Waals surface area contributed by atoms with Gasteiger partial charge in [0.05, 0.1) is 28.0 Å². The van der Waals surface area contributed by atoms with E-state index in [1.54, 1.807) is 4.90 Å². The van der Waals surface area contributed by atoms with Crippen LogP contribution < -0.4 is 0 Å². The van der Waals surface area contributed by atoms with E-state index >= 15 is 0 Å². The number of fused-ring (bicyclic) bond motifs is 1. The summed E-state index contributed by atoms with van der Waals surface area (Å²) in [6.07, 6.45) is 1.70. The SMILES string of the molecule is C[C@@]1(Cn2ncnn2)S[C@@H]2CC(=O)N2[C@H]1C(=O)OCc1ccc([N+](=O)[O-])cc1. The molecule has 2 aromatic rings. The van der Waals surface area contributed by atoms with Crippen LogP contribution in [0.1, 0.15) is 18.9 Å². The summed E-state index contributed by atoms with van der Waals surface area (Å²) in [6, 6.07) is 5.00. The van der Waals surface area contributed by atoms with E-state index in [2.05, 4.69) is 15.4 Å². The van der Waals surface area contributed by atoms with Crippen molar-refractivity contribution in [2.45, 2.75) is 42.7 Å². The second-order valence-electron chi connectivity index (χ2n) is 6.79. The van der Waals surface area contributed by atoms with Crippen molar-refractivity contribution in [2.75, 3.05) is 0 Å². The molecule has 146 valence electrons. The molecule has 2 saturated heterocycles. The van der Waals surface area contributed by atoms with Crippen LogP contribution in [0.2, 0.25) is 0 Å². The Bertz CT molecular complexity index is 920. The molecule has 1 aromatic carbocycles. The highest BCUT2D eigenvalue weighted by Gasteiger charge is 2.61. The van der Waals surface area contributed by atoms with Crippen LogP contribution in [0.4, 0.5) is 5.69 Å². The van der Waals surface area contributed by atoms with E-state index in [0.29, 0.717) is 18.5 Å². The number of non-ortho nitro benzene ring substituents is 1. The maximum atomic E-state index is 12.9. The van der Waals surface area contributed by atoms with Gasteiger partial charge in [-0.2, -0.15) is 4.80 Å². The Hall–Kier alpha value is -3.02. The lowest BCUT2D eigenvalue weighted by Gasteiger charge is -2.37. The number of carbonyl (C=O) groups excluding carboxylic acids is 2. The fraction of sp³-hybridized carbons (Fsp3) is 0.438. The van der Waals surface area contributed by atoms with Gasteiger partial charge in [-0.05, 0) is 29.8 Å². The largest absolute Gasteiger partial charge is 0.459 e. The summed E-state index contributed by atoms with van der Waals surface area (Å²) in [4.78, 5) is 38.1. The second-order valence-corrected chi connectivity index (χ2v) is 8.50. The number of nitro benzene ring substituents is 1. The van der Waals surface area contributed by atoms with E-state index in [1.807, 2.05) is 6.92 Å². The third-order valence-corrected chi connectivity index (χ3v) is 6.36. The van der Waals surface area contributed by atoms with Crippen molar-refractivity contribution in [3.05, 3.63) is 46.3 Å². The Morgan fingerprint density at radius 1 is 1.43 bits per heavy atom. The van der Waals surface area contributed by atoms with Crippen molar-refractivity contribution in [1.29, 1.82) is 0 Å². The normalized spacial score (nSPS) is 25.9. The zero-order chi connectivity index (χ0) is 19.9. The summed E-state index contributed by atoms with van der Waals surface area (Å²) >= 11 is 1.53. The first-order chi connectivity index (χ1) is 13.4. The summed E-state index contributed by atoms with van der Waals surface area (Å²) in [6.45, 7) is 2.14. The van der Waals surface area contributed by atoms with E-state index in [4.69, 9.17) is 4.74 Å². The lowest BCUT2D eigenvalue weighted by molar-refractivity contribution is -0.384. The van der Waals surface area contributed by atoms with Crippen LogP contribution in [-0.2, 0) is 27.5 Å². The molecule has 2 fully saturated rings. The minimum Gasteiger partial charge on any atom is -0.459 e. The van der Waals surface area contributed by atoms with Crippen molar-refractivity contribution in [3.8, 4) is 0 Å². The Kier molecular flexibility index (Phi) is 4.49. The highest BCUT2D eigenvalue weighted by Crippen LogP contribution is 2.51. The van der Waals surface area contributed by atoms with Crippen LogP contribution in [0.5, 0.6) is 0 Å². The molecular weight excluding hydrogens is 388 g/mol. The molecule has 11 nitrogen and oxygen atoms in total. The van der Waals surface area contributed by atoms with Crippen LogP contribution >= 0.6 is 11.8 Å². The van der Waals surface area contributed by atoms with E-state index in [1.165, 1.54) is 47.2 Å². The van der Waals surface area contributed by atoms with Gasteiger partial charge < -0.3 is 9.64 Å². The highest BCUT2D eigenvalue weighted by molar-refractivity contribution is 8.01. The quantitative estimate of drug-likeness (QED) is 0.296. The van der Waals surface area contributed by atoms with Crippen molar-refractivity contribution in [1.82, 2.24) is 25.1 Å². The molecule has 0 spiro atoms. The first kappa shape index (κ1) is 18.3. The number of rotatable bonds is 6. The van der Waals surface area contributed by atoms with Gasteiger partial charge >= 0.3 is 5.97 Å². The zero-order valence-corrected chi connectivity index (χ0v) is 15.6. The van der Waals surface area contributed by atoms with E-state index < -0.39 is 21.7 Å². The van der Waals surface area contributed by atoms with Gasteiger partial charge in [-0.3, -0.25) is 14.9 Å². The van der Waals surface area contributed by atoms with Crippen LogP contribution in [-0.4, -0.2) is 58.1 Å². The molecular formula is C16H16N6O5S. The number of tetrazole rings is 1. The fourth-order valence-electron chi connectivity index (χ4n) is 3.46. The third kappa shape index (κ3) is 3.19. The number of hydrogen-bond acceptors (Lipinski definition) is 9. The molecule has 3 heterocycles. The molecule has 2 aliphatic heterocycles. The first-order valence-electron chi connectivity index (χ1n) is 8.47. The second kappa shape index (κ2) is 6.86. The molecule has 1 aromatic heterocycles. The average Bonchev–Trinajstić information content (AvgIpc) is 3.24. The molecule has 0 N–H and O–H groups in total. The van der Waals surface area contributed by atoms with Crippen LogP contribution in [0, 0.1) is 10.1 Å². The van der Waals surface area contributed by atoms with E-state index in [0.717, 1.165) is 0 Å². The monoisotopic (exact) mass is 404 g/mol. The Labute approximate surface area is 163 Å². The minimum absolute atomic E-state index is 0.0378. The van der Waals surface area contributed by atoms with Gasteiger partial charge in [-0.15, -0.1) is 22.0 Å². The maximum Gasteiger partial charge on any atom is 0.330 e. The van der Waals surface area contributed by atoms with Gasteiger partial charge in [-0.25, -0.2) is 4.79 Å². The highest BCUT2D eigenvalue weighted by atomic mass is 32.2. The Balaban J connectivity index is 1.48. The summed E-state index contributed by atoms with van der Waals surface area (Å²) < 4.78 is 4.78. The van der Waals surface area contributed by atoms with Gasteiger partial charge in [0.1, 0.15) is 12.6 Å². The molecule has 0 radical (unpaired) electrons. The lowest BCUT2D eigenvalue weighted by atomic mass is 9.96. The zero-order valence-electron chi connectivity index (χ0n) is 14.8. The summed E-state index contributed by atoms with van der Waals surface area (Å²) in [5.74, 6) is -0.617. The molecule has 0 unspecified atom stereocenters. The van der Waals surface area contributed by atoms with Gasteiger partial charge in [0.15, 0.2) is 6.33 Å². The smallest absolute Gasteiger partial charge is 0.330 e. The third-order valence-electron chi connectivity index (χ3n) is 4.81.